The predicted octanol–water partition coefficient (Wildman–Crippen LogP) is 1.61. The molecule has 1 N–H and O–H groups in total. The first-order chi connectivity index (χ1) is 7.84. The van der Waals surface area contributed by atoms with Crippen LogP contribution in [0.25, 0.3) is 0 Å². The molecule has 2 heterocycles. The van der Waals surface area contributed by atoms with Crippen LogP contribution in [0.2, 0.25) is 0 Å². The van der Waals surface area contributed by atoms with Crippen molar-refractivity contribution in [3.63, 3.8) is 0 Å². The normalized spacial score (nSPS) is 19.4. The van der Waals surface area contributed by atoms with Crippen LogP contribution in [0.15, 0.2) is 28.8 Å². The van der Waals surface area contributed by atoms with E-state index in [0.29, 0.717) is 11.7 Å². The number of aromatic nitrogens is 2. The number of fused-ring (bicyclic) bond motifs is 1. The Labute approximate surface area is 93.7 Å². The van der Waals surface area contributed by atoms with Crippen molar-refractivity contribution in [2.24, 2.45) is 0 Å². The average molecular weight is 215 g/mol. The zero-order valence-corrected chi connectivity index (χ0v) is 9.10. The van der Waals surface area contributed by atoms with E-state index in [2.05, 4.69) is 33.7 Å². The molecule has 1 aromatic heterocycles. The summed E-state index contributed by atoms with van der Waals surface area (Å²) in [6, 6.07) is 8.44. The molecule has 16 heavy (non-hydrogen) atoms. The van der Waals surface area contributed by atoms with E-state index in [1.165, 1.54) is 11.1 Å². The number of hydrogen-bond acceptors (Lipinski definition) is 4. The summed E-state index contributed by atoms with van der Waals surface area (Å²) in [5.74, 6) is 1.34. The first-order valence-electron chi connectivity index (χ1n) is 5.46. The fourth-order valence-electron chi connectivity index (χ4n) is 2.16. The van der Waals surface area contributed by atoms with Gasteiger partial charge in [-0.25, -0.2) is 0 Å². The van der Waals surface area contributed by atoms with Gasteiger partial charge in [-0.05, 0) is 24.5 Å². The maximum Gasteiger partial charge on any atom is 0.248 e. The summed E-state index contributed by atoms with van der Waals surface area (Å²) in [5, 5.41) is 7.25. The van der Waals surface area contributed by atoms with Gasteiger partial charge in [0, 0.05) is 6.54 Å². The summed E-state index contributed by atoms with van der Waals surface area (Å²) in [7, 11) is 0. The molecule has 1 aromatic carbocycles. The molecule has 1 aliphatic rings. The molecule has 0 radical (unpaired) electrons. The summed E-state index contributed by atoms with van der Waals surface area (Å²) in [5.41, 5.74) is 2.61. The lowest BCUT2D eigenvalue weighted by Gasteiger charge is -2.23. The lowest BCUT2D eigenvalue weighted by Crippen LogP contribution is -2.30. The fourth-order valence-corrected chi connectivity index (χ4v) is 2.16. The molecule has 4 heteroatoms. The zero-order chi connectivity index (χ0) is 11.0. The molecule has 0 fully saturated rings. The lowest BCUT2D eigenvalue weighted by atomic mass is 9.94. The first-order valence-corrected chi connectivity index (χ1v) is 5.46. The third-order valence-electron chi connectivity index (χ3n) is 2.90. The monoisotopic (exact) mass is 215 g/mol. The van der Waals surface area contributed by atoms with Gasteiger partial charge in [0.25, 0.3) is 0 Å². The number of hydrogen-bond donors (Lipinski definition) is 1. The molecule has 0 spiro atoms. The van der Waals surface area contributed by atoms with E-state index in [1.807, 2.05) is 13.0 Å². The van der Waals surface area contributed by atoms with Gasteiger partial charge >= 0.3 is 0 Å². The number of benzene rings is 1. The second-order valence-electron chi connectivity index (χ2n) is 4.02. The molecule has 0 aliphatic carbocycles. The Bertz CT molecular complexity index is 506. The van der Waals surface area contributed by atoms with Gasteiger partial charge in [0.1, 0.15) is 6.04 Å². The summed E-state index contributed by atoms with van der Waals surface area (Å²) >= 11 is 0. The standard InChI is InChI=1S/C12H13N3O/c1-8-14-12(16-15-8)11-10-5-3-2-4-9(10)6-7-13-11/h2-5,11,13H,6-7H2,1H3. The molecule has 0 amide bonds. The van der Waals surface area contributed by atoms with E-state index >= 15 is 0 Å². The van der Waals surface area contributed by atoms with Crippen LogP contribution in [0.5, 0.6) is 0 Å². The average Bonchev–Trinajstić information content (AvgIpc) is 2.75. The van der Waals surface area contributed by atoms with Gasteiger partial charge in [-0.1, -0.05) is 29.4 Å². The van der Waals surface area contributed by atoms with Crippen LogP contribution in [0.3, 0.4) is 0 Å². The van der Waals surface area contributed by atoms with Gasteiger partial charge < -0.3 is 9.84 Å². The summed E-state index contributed by atoms with van der Waals surface area (Å²) in [4.78, 5) is 4.29. The Morgan fingerprint density at radius 1 is 1.38 bits per heavy atom. The Morgan fingerprint density at radius 2 is 2.25 bits per heavy atom. The van der Waals surface area contributed by atoms with Crippen molar-refractivity contribution in [1.29, 1.82) is 0 Å². The largest absolute Gasteiger partial charge is 0.337 e. The van der Waals surface area contributed by atoms with Crippen LogP contribution in [-0.4, -0.2) is 16.7 Å². The molecule has 1 aliphatic heterocycles. The number of nitrogens with one attached hydrogen (secondary N) is 1. The van der Waals surface area contributed by atoms with Crippen LogP contribution in [0, 0.1) is 6.92 Å². The van der Waals surface area contributed by atoms with Crippen LogP contribution < -0.4 is 5.32 Å². The van der Waals surface area contributed by atoms with E-state index in [4.69, 9.17) is 4.52 Å². The summed E-state index contributed by atoms with van der Waals surface area (Å²) < 4.78 is 5.24. The molecule has 4 nitrogen and oxygen atoms in total. The van der Waals surface area contributed by atoms with Crippen molar-refractivity contribution in [3.05, 3.63) is 47.1 Å². The van der Waals surface area contributed by atoms with E-state index < -0.39 is 0 Å². The van der Waals surface area contributed by atoms with Crippen LogP contribution in [0.1, 0.15) is 28.9 Å². The molecule has 1 atom stereocenters. The van der Waals surface area contributed by atoms with E-state index in [-0.39, 0.29) is 6.04 Å². The van der Waals surface area contributed by atoms with Crippen molar-refractivity contribution >= 4 is 0 Å². The van der Waals surface area contributed by atoms with Crippen LogP contribution in [0.4, 0.5) is 0 Å². The lowest BCUT2D eigenvalue weighted by molar-refractivity contribution is 0.341. The minimum Gasteiger partial charge on any atom is -0.337 e. The summed E-state index contributed by atoms with van der Waals surface area (Å²) in [6.07, 6.45) is 1.06. The maximum atomic E-state index is 5.24. The smallest absolute Gasteiger partial charge is 0.248 e. The van der Waals surface area contributed by atoms with Gasteiger partial charge in [0.05, 0.1) is 0 Å². The molecule has 0 saturated heterocycles. The van der Waals surface area contributed by atoms with Crippen molar-refractivity contribution in [1.82, 2.24) is 15.5 Å². The highest BCUT2D eigenvalue weighted by Crippen LogP contribution is 2.27. The van der Waals surface area contributed by atoms with E-state index in [0.717, 1.165) is 13.0 Å². The van der Waals surface area contributed by atoms with Crippen LogP contribution >= 0.6 is 0 Å². The van der Waals surface area contributed by atoms with E-state index in [9.17, 15) is 0 Å². The second kappa shape index (κ2) is 3.72. The van der Waals surface area contributed by atoms with Crippen molar-refractivity contribution in [2.45, 2.75) is 19.4 Å². The highest BCUT2D eigenvalue weighted by atomic mass is 16.5. The predicted molar refractivity (Wildman–Crippen MR) is 59.0 cm³/mol. The SMILES string of the molecule is Cc1noc(C2NCCc3ccccc32)n1. The van der Waals surface area contributed by atoms with Gasteiger partial charge in [-0.15, -0.1) is 0 Å². The van der Waals surface area contributed by atoms with Gasteiger partial charge in [0.2, 0.25) is 5.89 Å². The number of nitrogens with zero attached hydrogens (tertiary/aromatic N) is 2. The topological polar surface area (TPSA) is 51.0 Å². The second-order valence-corrected chi connectivity index (χ2v) is 4.02. The molecule has 1 unspecified atom stereocenters. The molecular weight excluding hydrogens is 202 g/mol. The highest BCUT2D eigenvalue weighted by molar-refractivity contribution is 5.35. The van der Waals surface area contributed by atoms with Gasteiger partial charge in [0.15, 0.2) is 5.82 Å². The van der Waals surface area contributed by atoms with Gasteiger partial charge in [-0.3, -0.25) is 0 Å². The Balaban J connectivity index is 2.04. The van der Waals surface area contributed by atoms with Crippen molar-refractivity contribution < 1.29 is 4.52 Å². The number of rotatable bonds is 1. The highest BCUT2D eigenvalue weighted by Gasteiger charge is 2.25. The Hall–Kier alpha value is -1.68. The summed E-state index contributed by atoms with van der Waals surface area (Å²) in [6.45, 7) is 2.78. The van der Waals surface area contributed by atoms with Crippen LogP contribution in [-0.2, 0) is 6.42 Å². The minimum absolute atomic E-state index is 0.0474. The van der Waals surface area contributed by atoms with Gasteiger partial charge in [-0.2, -0.15) is 4.98 Å². The number of aryl methyl sites for hydroxylation is 1. The fraction of sp³-hybridized carbons (Fsp3) is 0.333. The minimum atomic E-state index is 0.0474. The molecule has 2 aromatic rings. The molecule has 0 saturated carbocycles. The Kier molecular flexibility index (Phi) is 2.22. The third kappa shape index (κ3) is 1.51. The quantitative estimate of drug-likeness (QED) is 0.785. The molecule has 3 rings (SSSR count). The van der Waals surface area contributed by atoms with E-state index in [1.54, 1.807) is 0 Å². The molecule has 0 bridgehead atoms. The van der Waals surface area contributed by atoms with Crippen molar-refractivity contribution in [3.8, 4) is 0 Å². The first kappa shape index (κ1) is 9.54. The van der Waals surface area contributed by atoms with Crippen molar-refractivity contribution in [2.75, 3.05) is 6.54 Å². The maximum absolute atomic E-state index is 5.24. The Morgan fingerprint density at radius 3 is 3.06 bits per heavy atom. The molecule has 82 valence electrons. The zero-order valence-electron chi connectivity index (χ0n) is 9.10. The third-order valence-corrected chi connectivity index (χ3v) is 2.90. The molecular formula is C12H13N3O.